The lowest BCUT2D eigenvalue weighted by Crippen LogP contribution is -2.26. The fourth-order valence-corrected chi connectivity index (χ4v) is 2.95. The first-order chi connectivity index (χ1) is 12.5. The van der Waals surface area contributed by atoms with Crippen molar-refractivity contribution in [3.63, 3.8) is 0 Å². The molecule has 0 radical (unpaired) electrons. The highest BCUT2D eigenvalue weighted by molar-refractivity contribution is 5.86. The Balaban J connectivity index is 1.42. The zero-order valence-electron chi connectivity index (χ0n) is 15.1. The summed E-state index contributed by atoms with van der Waals surface area (Å²) in [6.45, 7) is 5.15. The Labute approximate surface area is 152 Å². The largest absolute Gasteiger partial charge is 0.490 e. The Morgan fingerprint density at radius 1 is 1.27 bits per heavy atom. The summed E-state index contributed by atoms with van der Waals surface area (Å²) in [7, 11) is 0. The van der Waals surface area contributed by atoms with Gasteiger partial charge < -0.3 is 18.8 Å². The Hall–Kier alpha value is -2.76. The molecule has 0 aliphatic carbocycles. The number of hydrogen-bond acceptors (Lipinski definition) is 5. The third-order valence-electron chi connectivity index (χ3n) is 4.40. The second-order valence-corrected chi connectivity index (χ2v) is 6.54. The number of carbonyl (C=O) groups excluding carboxylic acids is 2. The number of amides is 1. The van der Waals surface area contributed by atoms with E-state index in [2.05, 4.69) is 0 Å². The van der Waals surface area contributed by atoms with Crippen LogP contribution in [0.1, 0.15) is 23.3 Å². The lowest BCUT2D eigenvalue weighted by atomic mass is 10.1. The Morgan fingerprint density at radius 2 is 2.12 bits per heavy atom. The number of hydrogen-bond donors (Lipinski definition) is 0. The van der Waals surface area contributed by atoms with Crippen molar-refractivity contribution in [3.05, 3.63) is 53.5 Å². The van der Waals surface area contributed by atoms with Crippen molar-refractivity contribution in [3.8, 4) is 5.75 Å². The molecular formula is C20H23NO5. The molecule has 1 aromatic heterocycles. The number of aryl methyl sites for hydroxylation is 2. The molecule has 0 unspecified atom stereocenters. The summed E-state index contributed by atoms with van der Waals surface area (Å²) < 4.78 is 16.2. The van der Waals surface area contributed by atoms with Gasteiger partial charge in [0.05, 0.1) is 18.7 Å². The number of benzene rings is 1. The van der Waals surface area contributed by atoms with E-state index in [-0.39, 0.29) is 31.5 Å². The van der Waals surface area contributed by atoms with E-state index in [4.69, 9.17) is 13.9 Å². The van der Waals surface area contributed by atoms with Gasteiger partial charge in [0.25, 0.3) is 0 Å². The van der Waals surface area contributed by atoms with Crippen LogP contribution in [0, 0.1) is 19.8 Å². The molecule has 3 rings (SSSR count). The highest BCUT2D eigenvalue weighted by Gasteiger charge is 2.35. The van der Waals surface area contributed by atoms with E-state index in [0.717, 1.165) is 16.9 Å². The van der Waals surface area contributed by atoms with Crippen molar-refractivity contribution in [2.75, 3.05) is 19.8 Å². The first kappa shape index (κ1) is 18.0. The highest BCUT2D eigenvalue weighted by Crippen LogP contribution is 2.22. The molecule has 1 atom stereocenters. The molecule has 0 spiro atoms. The normalized spacial score (nSPS) is 16.8. The number of ether oxygens (including phenoxy) is 2. The van der Waals surface area contributed by atoms with Crippen LogP contribution in [0.25, 0.3) is 0 Å². The van der Waals surface area contributed by atoms with E-state index in [1.54, 1.807) is 17.2 Å². The lowest BCUT2D eigenvalue weighted by Gasteiger charge is -2.15. The standard InChI is InChI=1S/C20H23NO5/c1-14-5-6-15(2)18(10-14)25-8-9-26-20(23)16-11-19(22)21(12-16)13-17-4-3-7-24-17/h3-7,10,16H,8-9,11-13H2,1-2H3/t16-/m0/s1. The van der Waals surface area contributed by atoms with E-state index in [1.807, 2.05) is 38.1 Å². The van der Waals surface area contributed by atoms with Gasteiger partial charge in [-0.05, 0) is 43.2 Å². The fourth-order valence-electron chi connectivity index (χ4n) is 2.95. The van der Waals surface area contributed by atoms with Crippen LogP contribution in [0.5, 0.6) is 5.75 Å². The van der Waals surface area contributed by atoms with Gasteiger partial charge >= 0.3 is 5.97 Å². The van der Waals surface area contributed by atoms with Gasteiger partial charge in [0.15, 0.2) is 0 Å². The zero-order chi connectivity index (χ0) is 18.5. The van der Waals surface area contributed by atoms with Crippen LogP contribution in [0.4, 0.5) is 0 Å². The van der Waals surface area contributed by atoms with Crippen molar-refractivity contribution in [1.82, 2.24) is 4.90 Å². The second-order valence-electron chi connectivity index (χ2n) is 6.54. The highest BCUT2D eigenvalue weighted by atomic mass is 16.6. The maximum atomic E-state index is 12.2. The number of furan rings is 1. The number of carbonyl (C=O) groups is 2. The maximum Gasteiger partial charge on any atom is 0.311 e. The molecule has 2 heterocycles. The molecule has 138 valence electrons. The van der Waals surface area contributed by atoms with Gasteiger partial charge in [-0.15, -0.1) is 0 Å². The van der Waals surface area contributed by atoms with Gasteiger partial charge in [-0.3, -0.25) is 9.59 Å². The van der Waals surface area contributed by atoms with E-state index in [9.17, 15) is 9.59 Å². The molecule has 1 fully saturated rings. The zero-order valence-corrected chi connectivity index (χ0v) is 15.1. The van der Waals surface area contributed by atoms with Crippen LogP contribution in [0.2, 0.25) is 0 Å². The summed E-state index contributed by atoms with van der Waals surface area (Å²) in [6, 6.07) is 9.56. The van der Waals surface area contributed by atoms with Crippen LogP contribution >= 0.6 is 0 Å². The molecule has 6 heteroatoms. The first-order valence-corrected chi connectivity index (χ1v) is 8.70. The van der Waals surface area contributed by atoms with Gasteiger partial charge in [0.1, 0.15) is 24.7 Å². The summed E-state index contributed by atoms with van der Waals surface area (Å²) in [5.74, 6) is 0.647. The summed E-state index contributed by atoms with van der Waals surface area (Å²) >= 11 is 0. The average molecular weight is 357 g/mol. The smallest absolute Gasteiger partial charge is 0.311 e. The van der Waals surface area contributed by atoms with Gasteiger partial charge in [0.2, 0.25) is 5.91 Å². The molecule has 1 aliphatic rings. The third kappa shape index (κ3) is 4.45. The second kappa shape index (κ2) is 8.08. The van der Waals surface area contributed by atoms with Gasteiger partial charge in [0, 0.05) is 13.0 Å². The minimum absolute atomic E-state index is 0.0602. The molecule has 0 saturated carbocycles. The minimum Gasteiger partial charge on any atom is -0.490 e. The van der Waals surface area contributed by atoms with E-state index < -0.39 is 5.92 Å². The lowest BCUT2D eigenvalue weighted by molar-refractivity contribution is -0.149. The van der Waals surface area contributed by atoms with Crippen molar-refractivity contribution in [2.45, 2.75) is 26.8 Å². The number of rotatable bonds is 7. The molecule has 6 nitrogen and oxygen atoms in total. The Morgan fingerprint density at radius 3 is 2.88 bits per heavy atom. The monoisotopic (exact) mass is 357 g/mol. The molecule has 1 amide bonds. The number of likely N-dealkylation sites (tertiary alicyclic amines) is 1. The summed E-state index contributed by atoms with van der Waals surface area (Å²) in [6.07, 6.45) is 1.74. The molecule has 1 aliphatic heterocycles. The maximum absolute atomic E-state index is 12.2. The van der Waals surface area contributed by atoms with Gasteiger partial charge in [-0.1, -0.05) is 12.1 Å². The minimum atomic E-state index is -0.432. The molecule has 0 N–H and O–H groups in total. The van der Waals surface area contributed by atoms with Crippen molar-refractivity contribution >= 4 is 11.9 Å². The topological polar surface area (TPSA) is 69.0 Å². The fraction of sp³-hybridized carbons (Fsp3) is 0.400. The van der Waals surface area contributed by atoms with Crippen molar-refractivity contribution < 1.29 is 23.5 Å². The van der Waals surface area contributed by atoms with E-state index in [0.29, 0.717) is 18.8 Å². The Bertz CT molecular complexity index is 769. The summed E-state index contributed by atoms with van der Waals surface area (Å²) in [5.41, 5.74) is 2.15. The summed E-state index contributed by atoms with van der Waals surface area (Å²) in [4.78, 5) is 25.9. The quantitative estimate of drug-likeness (QED) is 0.563. The third-order valence-corrected chi connectivity index (χ3v) is 4.40. The number of esters is 1. The van der Waals surface area contributed by atoms with E-state index in [1.165, 1.54) is 0 Å². The summed E-state index contributed by atoms with van der Waals surface area (Å²) in [5, 5.41) is 0. The van der Waals surface area contributed by atoms with Gasteiger partial charge in [-0.25, -0.2) is 0 Å². The van der Waals surface area contributed by atoms with Crippen LogP contribution in [0.3, 0.4) is 0 Å². The van der Waals surface area contributed by atoms with Crippen molar-refractivity contribution in [1.29, 1.82) is 0 Å². The van der Waals surface area contributed by atoms with Crippen LogP contribution in [0.15, 0.2) is 41.0 Å². The molecule has 26 heavy (non-hydrogen) atoms. The molecular weight excluding hydrogens is 334 g/mol. The van der Waals surface area contributed by atoms with Gasteiger partial charge in [-0.2, -0.15) is 0 Å². The molecule has 2 aromatic rings. The predicted octanol–water partition coefficient (Wildman–Crippen LogP) is 2.87. The predicted molar refractivity (Wildman–Crippen MR) is 94.6 cm³/mol. The van der Waals surface area contributed by atoms with Crippen LogP contribution < -0.4 is 4.74 Å². The van der Waals surface area contributed by atoms with E-state index >= 15 is 0 Å². The molecule has 1 saturated heterocycles. The van der Waals surface area contributed by atoms with Crippen LogP contribution in [-0.4, -0.2) is 36.5 Å². The number of nitrogens with zero attached hydrogens (tertiary/aromatic N) is 1. The first-order valence-electron chi connectivity index (χ1n) is 8.70. The average Bonchev–Trinajstić information content (AvgIpc) is 3.25. The molecule has 0 bridgehead atoms. The van der Waals surface area contributed by atoms with Crippen LogP contribution in [-0.2, 0) is 20.9 Å². The van der Waals surface area contributed by atoms with Crippen molar-refractivity contribution in [2.24, 2.45) is 5.92 Å². The molecule has 1 aromatic carbocycles. The Kier molecular flexibility index (Phi) is 5.61. The SMILES string of the molecule is Cc1ccc(C)c(OCCOC(=O)[C@H]2CC(=O)N(Cc3ccco3)C2)c1.